The van der Waals surface area contributed by atoms with Gasteiger partial charge in [0.2, 0.25) is 0 Å². The third-order valence-corrected chi connectivity index (χ3v) is 9.28. The van der Waals surface area contributed by atoms with Crippen molar-refractivity contribution >= 4 is 68.1 Å². The topological polar surface area (TPSA) is 132 Å². The van der Waals surface area contributed by atoms with Gasteiger partial charge < -0.3 is 20.3 Å². The summed E-state index contributed by atoms with van der Waals surface area (Å²) in [6, 6.07) is 18.6. The molecule has 0 aliphatic carbocycles. The molecule has 220 valence electrons. The van der Waals surface area contributed by atoms with E-state index in [2.05, 4.69) is 36.5 Å². The highest BCUT2D eigenvalue weighted by Gasteiger charge is 2.17. The maximum Gasteiger partial charge on any atom is 0.281 e. The van der Waals surface area contributed by atoms with Crippen LogP contribution < -0.4 is 15.5 Å². The van der Waals surface area contributed by atoms with Crippen molar-refractivity contribution in [2.45, 2.75) is 18.4 Å². The van der Waals surface area contributed by atoms with Crippen molar-refractivity contribution in [3.8, 4) is 16.2 Å². The zero-order chi connectivity index (χ0) is 29.9. The molecule has 0 bridgehead atoms. The van der Waals surface area contributed by atoms with Crippen molar-refractivity contribution in [1.29, 1.82) is 0 Å². The molecule has 0 saturated heterocycles. The van der Waals surface area contributed by atoms with Crippen LogP contribution in [0.15, 0.2) is 80.5 Å². The van der Waals surface area contributed by atoms with Gasteiger partial charge in [0.1, 0.15) is 5.75 Å². The highest BCUT2D eigenvalue weighted by Crippen LogP contribution is 2.39. The number of hydrazone groups is 1. The van der Waals surface area contributed by atoms with Gasteiger partial charge in [-0.1, -0.05) is 40.2 Å². The first-order chi connectivity index (χ1) is 20.4. The SMILES string of the molecule is C/C(=N\NC(=O)c1ccc(C(=O)NCc2ccc(SNCCOCCO)cc2)s1)c1csc(-c2ccc(Br)cc2)c1O. The van der Waals surface area contributed by atoms with Gasteiger partial charge in [0.05, 0.1) is 45.7 Å². The van der Waals surface area contributed by atoms with E-state index in [1.54, 1.807) is 24.4 Å². The summed E-state index contributed by atoms with van der Waals surface area (Å²) in [5, 5.41) is 28.3. The first-order valence-corrected chi connectivity index (χ1v) is 16.1. The van der Waals surface area contributed by atoms with E-state index in [9.17, 15) is 14.7 Å². The predicted molar refractivity (Wildman–Crippen MR) is 172 cm³/mol. The molecule has 42 heavy (non-hydrogen) atoms. The Morgan fingerprint density at radius 2 is 1.71 bits per heavy atom. The maximum absolute atomic E-state index is 12.7. The second kappa shape index (κ2) is 16.0. The van der Waals surface area contributed by atoms with Crippen molar-refractivity contribution < 1.29 is 24.5 Å². The number of benzene rings is 2. The number of carbonyl (C=O) groups excluding carboxylic acids is 2. The molecule has 4 aromatic rings. The molecule has 2 aromatic heterocycles. The summed E-state index contributed by atoms with van der Waals surface area (Å²) >= 11 is 7.36. The Bertz CT molecular complexity index is 1520. The molecule has 0 aliphatic rings. The molecule has 2 aromatic carbocycles. The summed E-state index contributed by atoms with van der Waals surface area (Å²) in [6.45, 7) is 3.58. The number of carbonyl (C=O) groups is 2. The molecule has 0 spiro atoms. The Balaban J connectivity index is 1.25. The third kappa shape index (κ3) is 8.98. The number of aliphatic hydroxyl groups is 1. The standard InChI is InChI=1S/C29H29BrN4O5S3/c1-18(23-17-40-27(26(23)36)20-4-6-21(30)7-5-20)33-34-29(38)25-11-10-24(41-25)28(37)31-16-19-2-8-22(9-3-19)42-32-12-14-39-15-13-35/h2-11,17,32,35-36H,12-16H2,1H3,(H,31,37)(H,34,38)/b33-18+. The number of nitrogens with one attached hydrogen (secondary N) is 3. The van der Waals surface area contributed by atoms with Crippen molar-refractivity contribution in [3.63, 3.8) is 0 Å². The molecule has 4 rings (SSSR count). The van der Waals surface area contributed by atoms with Crippen LogP contribution in [0, 0.1) is 0 Å². The van der Waals surface area contributed by atoms with Crippen molar-refractivity contribution in [3.05, 3.63) is 91.4 Å². The Kier molecular flexibility index (Phi) is 12.1. The number of amides is 2. The van der Waals surface area contributed by atoms with E-state index in [0.717, 1.165) is 36.7 Å². The largest absolute Gasteiger partial charge is 0.506 e. The minimum atomic E-state index is -0.442. The Morgan fingerprint density at radius 1 is 1.00 bits per heavy atom. The van der Waals surface area contributed by atoms with Crippen LogP contribution >= 0.6 is 50.6 Å². The number of hydrogen-bond donors (Lipinski definition) is 5. The van der Waals surface area contributed by atoms with E-state index in [1.165, 1.54) is 23.3 Å². The van der Waals surface area contributed by atoms with Crippen LogP contribution in [0.3, 0.4) is 0 Å². The summed E-state index contributed by atoms with van der Waals surface area (Å²) in [6.07, 6.45) is 0. The highest BCUT2D eigenvalue weighted by molar-refractivity contribution is 9.10. The van der Waals surface area contributed by atoms with Gasteiger partial charge in [-0.2, -0.15) is 5.10 Å². The third-order valence-electron chi connectivity index (χ3n) is 5.79. The number of thiophene rings is 2. The fourth-order valence-electron chi connectivity index (χ4n) is 3.61. The monoisotopic (exact) mass is 688 g/mol. The molecule has 0 fully saturated rings. The lowest BCUT2D eigenvalue weighted by molar-refractivity contribution is 0.0950. The van der Waals surface area contributed by atoms with Gasteiger partial charge in [-0.25, -0.2) is 5.43 Å². The number of hydrogen-bond acceptors (Lipinski definition) is 10. The van der Waals surface area contributed by atoms with Gasteiger partial charge in [-0.15, -0.1) is 22.7 Å². The van der Waals surface area contributed by atoms with Crippen LogP contribution in [0.5, 0.6) is 5.75 Å². The number of halogens is 1. The molecule has 9 nitrogen and oxygen atoms in total. The van der Waals surface area contributed by atoms with Gasteiger partial charge in [0.15, 0.2) is 0 Å². The lowest BCUT2D eigenvalue weighted by Gasteiger charge is -2.07. The number of aromatic hydroxyl groups is 1. The van der Waals surface area contributed by atoms with E-state index in [4.69, 9.17) is 9.84 Å². The van der Waals surface area contributed by atoms with Crippen LogP contribution in [0.4, 0.5) is 0 Å². The molecule has 2 amide bonds. The van der Waals surface area contributed by atoms with Crippen LogP contribution in [0.25, 0.3) is 10.4 Å². The average molecular weight is 690 g/mol. The number of aliphatic hydroxyl groups excluding tert-OH is 1. The zero-order valence-corrected chi connectivity index (χ0v) is 26.6. The van der Waals surface area contributed by atoms with Gasteiger partial charge in [-0.05, 0) is 66.4 Å². The van der Waals surface area contributed by atoms with E-state index in [1.807, 2.05) is 48.5 Å². The lowest BCUT2D eigenvalue weighted by Crippen LogP contribution is -2.21. The van der Waals surface area contributed by atoms with E-state index < -0.39 is 5.91 Å². The maximum atomic E-state index is 12.7. The first kappa shape index (κ1) is 31.9. The van der Waals surface area contributed by atoms with Crippen molar-refractivity contribution in [2.75, 3.05) is 26.4 Å². The number of ether oxygens (including phenoxy) is 1. The van der Waals surface area contributed by atoms with Crippen molar-refractivity contribution in [2.24, 2.45) is 5.10 Å². The van der Waals surface area contributed by atoms with Gasteiger partial charge in [-0.3, -0.25) is 14.3 Å². The molecule has 2 heterocycles. The predicted octanol–water partition coefficient (Wildman–Crippen LogP) is 5.63. The fraction of sp³-hybridized carbons (Fsp3) is 0.207. The lowest BCUT2D eigenvalue weighted by atomic mass is 10.1. The summed E-state index contributed by atoms with van der Waals surface area (Å²) in [7, 11) is 0. The highest BCUT2D eigenvalue weighted by atomic mass is 79.9. The summed E-state index contributed by atoms with van der Waals surface area (Å²) in [5.41, 5.74) is 5.34. The van der Waals surface area contributed by atoms with Gasteiger partial charge >= 0.3 is 0 Å². The Labute approximate surface area is 264 Å². The minimum absolute atomic E-state index is 0.0156. The molecule has 0 atom stereocenters. The first-order valence-electron chi connectivity index (χ1n) is 12.8. The number of rotatable bonds is 14. The minimum Gasteiger partial charge on any atom is -0.506 e. The summed E-state index contributed by atoms with van der Waals surface area (Å²) < 4.78 is 9.34. The Hall–Kier alpha value is -3.04. The van der Waals surface area contributed by atoms with Crippen LogP contribution in [0.1, 0.15) is 37.4 Å². The van der Waals surface area contributed by atoms with Crippen molar-refractivity contribution in [1.82, 2.24) is 15.5 Å². The summed E-state index contributed by atoms with van der Waals surface area (Å²) in [4.78, 5) is 27.9. The fourth-order valence-corrected chi connectivity index (χ4v) is 6.32. The van der Waals surface area contributed by atoms with E-state index in [-0.39, 0.29) is 18.3 Å². The molecular formula is C29H29BrN4O5S3. The summed E-state index contributed by atoms with van der Waals surface area (Å²) in [5.74, 6) is -0.605. The van der Waals surface area contributed by atoms with Gasteiger partial charge in [0, 0.05) is 27.8 Å². The molecular weight excluding hydrogens is 660 g/mol. The van der Waals surface area contributed by atoms with Gasteiger partial charge in [0.25, 0.3) is 11.8 Å². The molecule has 5 N–H and O–H groups in total. The normalized spacial score (nSPS) is 11.5. The second-order valence-corrected chi connectivity index (χ2v) is 12.6. The van der Waals surface area contributed by atoms with Crippen LogP contribution in [-0.4, -0.2) is 54.1 Å². The van der Waals surface area contributed by atoms with Crippen LogP contribution in [-0.2, 0) is 11.3 Å². The molecule has 0 radical (unpaired) electrons. The second-order valence-electron chi connectivity index (χ2n) is 8.80. The van der Waals surface area contributed by atoms with Crippen LogP contribution in [0.2, 0.25) is 0 Å². The Morgan fingerprint density at radius 3 is 2.43 bits per heavy atom. The van der Waals surface area contributed by atoms with E-state index in [0.29, 0.717) is 47.3 Å². The molecule has 0 unspecified atom stereocenters. The quantitative estimate of drug-likeness (QED) is 0.0502. The smallest absolute Gasteiger partial charge is 0.281 e. The molecule has 0 saturated carbocycles. The van der Waals surface area contributed by atoms with E-state index >= 15 is 0 Å². The number of nitrogens with zero attached hydrogens (tertiary/aromatic N) is 1. The molecule has 0 aliphatic heterocycles. The molecule has 13 heteroatoms. The average Bonchev–Trinajstić information content (AvgIpc) is 3.65. The zero-order valence-electron chi connectivity index (χ0n) is 22.6.